The van der Waals surface area contributed by atoms with Crippen molar-refractivity contribution in [3.05, 3.63) is 57.6 Å². The van der Waals surface area contributed by atoms with Gasteiger partial charge in [-0.2, -0.15) is 0 Å². The molecule has 1 aromatic carbocycles. The van der Waals surface area contributed by atoms with E-state index in [0.717, 1.165) is 30.9 Å². The third kappa shape index (κ3) is 2.85. The normalized spacial score (nSPS) is 17.5. The molecule has 2 aromatic rings. The summed E-state index contributed by atoms with van der Waals surface area (Å²) in [5.74, 6) is 0.829. The third-order valence-electron chi connectivity index (χ3n) is 3.55. The van der Waals surface area contributed by atoms with Crippen molar-refractivity contribution >= 4 is 15.9 Å². The second-order valence-corrected chi connectivity index (χ2v) is 5.83. The lowest BCUT2D eigenvalue weighted by Gasteiger charge is -2.14. The Labute approximate surface area is 121 Å². The molecule has 0 amide bonds. The minimum Gasteiger partial charge on any atom is -0.304 e. The van der Waals surface area contributed by atoms with Crippen LogP contribution in [0.4, 0.5) is 0 Å². The maximum absolute atomic E-state index is 4.42. The summed E-state index contributed by atoms with van der Waals surface area (Å²) >= 11 is 3.53. The van der Waals surface area contributed by atoms with Gasteiger partial charge < -0.3 is 5.32 Å². The molecule has 1 atom stereocenters. The molecule has 1 aliphatic rings. The molecular weight excluding hydrogens is 302 g/mol. The lowest BCUT2D eigenvalue weighted by molar-refractivity contribution is 0.524. The van der Waals surface area contributed by atoms with E-state index in [0.29, 0.717) is 6.04 Å². The number of fused-ring (bicyclic) bond motifs is 1. The molecule has 0 saturated heterocycles. The summed E-state index contributed by atoms with van der Waals surface area (Å²) in [6.45, 7) is 2.72. The zero-order valence-electron chi connectivity index (χ0n) is 10.9. The largest absolute Gasteiger partial charge is 0.304 e. The summed E-state index contributed by atoms with van der Waals surface area (Å²) in [6, 6.07) is 8.98. The zero-order chi connectivity index (χ0) is 13.2. The first-order valence-corrected chi connectivity index (χ1v) is 7.32. The summed E-state index contributed by atoms with van der Waals surface area (Å²) in [7, 11) is 0. The van der Waals surface area contributed by atoms with Gasteiger partial charge in [-0.1, -0.05) is 22.0 Å². The van der Waals surface area contributed by atoms with Crippen LogP contribution in [0, 0.1) is 6.92 Å². The Morgan fingerprint density at radius 1 is 1.37 bits per heavy atom. The Morgan fingerprint density at radius 3 is 3.11 bits per heavy atom. The monoisotopic (exact) mass is 317 g/mol. The summed E-state index contributed by atoms with van der Waals surface area (Å²) in [5, 5.41) is 3.60. The van der Waals surface area contributed by atoms with Crippen LogP contribution in [0.2, 0.25) is 0 Å². The van der Waals surface area contributed by atoms with E-state index in [1.54, 1.807) is 0 Å². The van der Waals surface area contributed by atoms with E-state index in [1.165, 1.54) is 15.6 Å². The molecule has 0 bridgehead atoms. The van der Waals surface area contributed by atoms with E-state index in [9.17, 15) is 0 Å². The molecule has 1 N–H and O–H groups in total. The minimum absolute atomic E-state index is 0.443. The van der Waals surface area contributed by atoms with Gasteiger partial charge in [0.15, 0.2) is 0 Å². The second-order valence-electron chi connectivity index (χ2n) is 4.91. The third-order valence-corrected chi connectivity index (χ3v) is 4.04. The number of halogens is 1. The van der Waals surface area contributed by atoms with Crippen molar-refractivity contribution < 1.29 is 0 Å². The molecule has 3 nitrogen and oxygen atoms in total. The molecule has 0 saturated carbocycles. The Morgan fingerprint density at radius 2 is 2.26 bits per heavy atom. The fourth-order valence-corrected chi connectivity index (χ4v) is 3.04. The Balaban J connectivity index is 1.70. The van der Waals surface area contributed by atoms with Crippen LogP contribution in [-0.4, -0.2) is 9.97 Å². The molecule has 98 valence electrons. The zero-order valence-corrected chi connectivity index (χ0v) is 12.4. The molecule has 4 heteroatoms. The number of aryl methyl sites for hydroxylation is 2. The number of nitrogens with zero attached hydrogens (tertiary/aromatic N) is 2. The van der Waals surface area contributed by atoms with Crippen molar-refractivity contribution in [1.82, 2.24) is 15.3 Å². The summed E-state index contributed by atoms with van der Waals surface area (Å²) < 4.78 is 1.17. The lowest BCUT2D eigenvalue weighted by Crippen LogP contribution is -2.19. The van der Waals surface area contributed by atoms with Crippen LogP contribution in [0.25, 0.3) is 0 Å². The number of hydrogen-bond donors (Lipinski definition) is 1. The van der Waals surface area contributed by atoms with Gasteiger partial charge in [-0.3, -0.25) is 0 Å². The van der Waals surface area contributed by atoms with Gasteiger partial charge in [0.2, 0.25) is 0 Å². The minimum atomic E-state index is 0.443. The number of nitrogens with one attached hydrogen (secondary N) is 1. The van der Waals surface area contributed by atoms with E-state index < -0.39 is 0 Å². The Kier molecular flexibility index (Phi) is 3.62. The standard InChI is InChI=1S/C15H16BrN3/c1-10-17-7-6-13(19-10)9-18-15-5-2-11-8-12(16)3-4-14(11)15/h3-4,6-8,15,18H,2,5,9H2,1H3. The molecule has 0 aliphatic heterocycles. The van der Waals surface area contributed by atoms with Crippen molar-refractivity contribution in [2.45, 2.75) is 32.4 Å². The fourth-order valence-electron chi connectivity index (χ4n) is 2.63. The van der Waals surface area contributed by atoms with E-state index in [2.05, 4.69) is 49.4 Å². The predicted molar refractivity (Wildman–Crippen MR) is 78.8 cm³/mol. The van der Waals surface area contributed by atoms with Crippen molar-refractivity contribution in [1.29, 1.82) is 0 Å². The van der Waals surface area contributed by atoms with Gasteiger partial charge in [-0.05, 0) is 49.1 Å². The average molecular weight is 318 g/mol. The van der Waals surface area contributed by atoms with Crippen LogP contribution in [0.15, 0.2) is 34.9 Å². The van der Waals surface area contributed by atoms with Gasteiger partial charge in [0, 0.05) is 23.3 Å². The number of aromatic nitrogens is 2. The van der Waals surface area contributed by atoms with Crippen molar-refractivity contribution in [2.75, 3.05) is 0 Å². The number of hydrogen-bond acceptors (Lipinski definition) is 3. The van der Waals surface area contributed by atoms with E-state index in [4.69, 9.17) is 0 Å². The van der Waals surface area contributed by atoms with Crippen LogP contribution in [-0.2, 0) is 13.0 Å². The highest BCUT2D eigenvalue weighted by atomic mass is 79.9. The van der Waals surface area contributed by atoms with Crippen LogP contribution in [0.3, 0.4) is 0 Å². The molecular formula is C15H16BrN3. The van der Waals surface area contributed by atoms with Crippen LogP contribution in [0.1, 0.15) is 35.1 Å². The summed E-state index contributed by atoms with van der Waals surface area (Å²) in [6.07, 6.45) is 4.13. The van der Waals surface area contributed by atoms with Crippen LogP contribution in [0.5, 0.6) is 0 Å². The molecule has 0 spiro atoms. The number of benzene rings is 1. The first-order chi connectivity index (χ1) is 9.22. The van der Waals surface area contributed by atoms with E-state index >= 15 is 0 Å². The highest BCUT2D eigenvalue weighted by Gasteiger charge is 2.21. The SMILES string of the molecule is Cc1nccc(CNC2CCc3cc(Br)ccc32)n1. The highest BCUT2D eigenvalue weighted by Crippen LogP contribution is 2.32. The van der Waals surface area contributed by atoms with E-state index in [1.807, 2.05) is 19.2 Å². The van der Waals surface area contributed by atoms with Crippen molar-refractivity contribution in [2.24, 2.45) is 0 Å². The number of rotatable bonds is 3. The Hall–Kier alpha value is -1.26. The topological polar surface area (TPSA) is 37.8 Å². The van der Waals surface area contributed by atoms with Gasteiger partial charge >= 0.3 is 0 Å². The van der Waals surface area contributed by atoms with Crippen LogP contribution >= 0.6 is 15.9 Å². The van der Waals surface area contributed by atoms with Crippen molar-refractivity contribution in [3.8, 4) is 0 Å². The summed E-state index contributed by atoms with van der Waals surface area (Å²) in [5.41, 5.74) is 3.93. The molecule has 19 heavy (non-hydrogen) atoms. The molecule has 1 aromatic heterocycles. The lowest BCUT2D eigenvalue weighted by atomic mass is 10.1. The Bertz CT molecular complexity index is 598. The first kappa shape index (κ1) is 12.8. The molecule has 3 rings (SSSR count). The molecule has 0 radical (unpaired) electrons. The first-order valence-electron chi connectivity index (χ1n) is 6.52. The van der Waals surface area contributed by atoms with E-state index in [-0.39, 0.29) is 0 Å². The molecule has 0 fully saturated rings. The molecule has 1 unspecified atom stereocenters. The van der Waals surface area contributed by atoms with Crippen LogP contribution < -0.4 is 5.32 Å². The maximum Gasteiger partial charge on any atom is 0.125 e. The smallest absolute Gasteiger partial charge is 0.125 e. The maximum atomic E-state index is 4.42. The fraction of sp³-hybridized carbons (Fsp3) is 0.333. The van der Waals surface area contributed by atoms with Gasteiger partial charge in [-0.15, -0.1) is 0 Å². The quantitative estimate of drug-likeness (QED) is 0.943. The van der Waals surface area contributed by atoms with Gasteiger partial charge in [-0.25, -0.2) is 9.97 Å². The predicted octanol–water partition coefficient (Wildman–Crippen LogP) is 3.32. The molecule has 1 heterocycles. The second kappa shape index (κ2) is 5.39. The molecule has 1 aliphatic carbocycles. The summed E-state index contributed by atoms with van der Waals surface area (Å²) in [4.78, 5) is 8.54. The van der Waals surface area contributed by atoms with Gasteiger partial charge in [0.1, 0.15) is 5.82 Å². The van der Waals surface area contributed by atoms with Crippen molar-refractivity contribution in [3.63, 3.8) is 0 Å². The van der Waals surface area contributed by atoms with Gasteiger partial charge in [0.25, 0.3) is 0 Å². The van der Waals surface area contributed by atoms with Gasteiger partial charge in [0.05, 0.1) is 5.69 Å². The average Bonchev–Trinajstić information content (AvgIpc) is 2.78. The highest BCUT2D eigenvalue weighted by molar-refractivity contribution is 9.10.